The fourth-order valence-electron chi connectivity index (χ4n) is 4.83. The lowest BCUT2D eigenvalue weighted by Crippen LogP contribution is -2.41. The number of nitrogens with zero attached hydrogens (tertiary/aromatic N) is 5. The highest BCUT2D eigenvalue weighted by Gasteiger charge is 2.31. The number of primary amides is 1. The maximum atomic E-state index is 12.1. The SMILES string of the molecule is COc1cc(-n2cnc(Nc3nc(N4CCC[C@@H]4C(N)=O)nc4cc(OC(C)C)ccc34)c2)cc(OC)c1OC. The van der Waals surface area contributed by atoms with Crippen molar-refractivity contribution < 1.29 is 23.7 Å². The summed E-state index contributed by atoms with van der Waals surface area (Å²) < 4.78 is 24.1. The molecule has 3 heterocycles. The second-order valence-corrected chi connectivity index (χ2v) is 9.65. The first-order valence-corrected chi connectivity index (χ1v) is 13.0. The molecular weight excluding hydrogens is 514 g/mol. The van der Waals surface area contributed by atoms with Crippen LogP contribution in [-0.4, -0.2) is 65.4 Å². The van der Waals surface area contributed by atoms with Gasteiger partial charge in [-0.2, -0.15) is 4.98 Å². The van der Waals surface area contributed by atoms with Crippen molar-refractivity contribution in [2.45, 2.75) is 38.8 Å². The Morgan fingerprint density at radius 3 is 2.48 bits per heavy atom. The molecule has 0 spiro atoms. The molecule has 1 aliphatic rings. The van der Waals surface area contributed by atoms with Crippen molar-refractivity contribution in [3.8, 4) is 28.7 Å². The normalized spacial score (nSPS) is 14.9. The number of carbonyl (C=O) groups excluding carboxylic acids is 1. The fourth-order valence-corrected chi connectivity index (χ4v) is 4.83. The number of carbonyl (C=O) groups is 1. The van der Waals surface area contributed by atoms with Crippen molar-refractivity contribution in [3.05, 3.63) is 42.9 Å². The number of nitrogens with two attached hydrogens (primary N) is 1. The van der Waals surface area contributed by atoms with Gasteiger partial charge < -0.3 is 39.5 Å². The van der Waals surface area contributed by atoms with E-state index in [-0.39, 0.29) is 6.10 Å². The third-order valence-corrected chi connectivity index (χ3v) is 6.64. The number of fused-ring (bicyclic) bond motifs is 1. The van der Waals surface area contributed by atoms with Crippen molar-refractivity contribution in [1.29, 1.82) is 0 Å². The van der Waals surface area contributed by atoms with E-state index in [0.717, 1.165) is 17.5 Å². The van der Waals surface area contributed by atoms with Crippen molar-refractivity contribution in [2.24, 2.45) is 5.73 Å². The Bertz CT molecular complexity index is 1510. The van der Waals surface area contributed by atoms with E-state index in [2.05, 4.69) is 10.3 Å². The predicted molar refractivity (Wildman–Crippen MR) is 151 cm³/mol. The van der Waals surface area contributed by atoms with Crippen LogP contribution in [0.5, 0.6) is 23.0 Å². The Kier molecular flexibility index (Phi) is 7.50. The van der Waals surface area contributed by atoms with Gasteiger partial charge in [0.25, 0.3) is 0 Å². The fraction of sp³-hybridized carbons (Fsp3) is 0.357. The summed E-state index contributed by atoms with van der Waals surface area (Å²) in [5.41, 5.74) is 7.12. The summed E-state index contributed by atoms with van der Waals surface area (Å²) >= 11 is 0. The average Bonchev–Trinajstić information content (AvgIpc) is 3.62. The molecule has 0 bridgehead atoms. The van der Waals surface area contributed by atoms with Crippen LogP contribution in [0.25, 0.3) is 16.6 Å². The summed E-state index contributed by atoms with van der Waals surface area (Å²) in [5, 5.41) is 4.11. The molecule has 1 aliphatic heterocycles. The molecule has 3 N–H and O–H groups in total. The Morgan fingerprint density at radius 1 is 1.07 bits per heavy atom. The average molecular weight is 548 g/mol. The third-order valence-electron chi connectivity index (χ3n) is 6.64. The zero-order chi connectivity index (χ0) is 28.4. The zero-order valence-electron chi connectivity index (χ0n) is 23.2. The first-order chi connectivity index (χ1) is 19.3. The summed E-state index contributed by atoms with van der Waals surface area (Å²) in [7, 11) is 4.70. The van der Waals surface area contributed by atoms with Crippen LogP contribution in [0.4, 0.5) is 17.6 Å². The van der Waals surface area contributed by atoms with Crippen LogP contribution in [0.2, 0.25) is 0 Å². The van der Waals surface area contributed by atoms with Gasteiger partial charge >= 0.3 is 0 Å². The number of hydrogen-bond acceptors (Lipinski definition) is 10. The molecule has 1 amide bonds. The van der Waals surface area contributed by atoms with Crippen LogP contribution in [0.3, 0.4) is 0 Å². The van der Waals surface area contributed by atoms with Crippen molar-refractivity contribution in [3.63, 3.8) is 0 Å². The van der Waals surface area contributed by atoms with Gasteiger partial charge in [-0.1, -0.05) is 0 Å². The number of imidazole rings is 1. The largest absolute Gasteiger partial charge is 0.493 e. The van der Waals surface area contributed by atoms with E-state index in [0.29, 0.717) is 59.1 Å². The Balaban J connectivity index is 1.54. The molecule has 0 unspecified atom stereocenters. The summed E-state index contributed by atoms with van der Waals surface area (Å²) in [6.45, 7) is 4.57. The molecule has 0 radical (unpaired) electrons. The number of hydrogen-bond donors (Lipinski definition) is 2. The minimum Gasteiger partial charge on any atom is -0.493 e. The van der Waals surface area contributed by atoms with Gasteiger partial charge in [0.1, 0.15) is 29.8 Å². The number of ether oxygens (including phenoxy) is 4. The number of methoxy groups -OCH3 is 3. The van der Waals surface area contributed by atoms with Crippen molar-refractivity contribution in [1.82, 2.24) is 19.5 Å². The molecule has 210 valence electrons. The minimum atomic E-state index is -0.459. The van der Waals surface area contributed by atoms with Crippen molar-refractivity contribution in [2.75, 3.05) is 38.1 Å². The van der Waals surface area contributed by atoms with E-state index in [1.807, 2.05) is 59.8 Å². The van der Waals surface area contributed by atoms with Crippen LogP contribution in [-0.2, 0) is 4.79 Å². The molecule has 2 aromatic heterocycles. The van der Waals surface area contributed by atoms with Crippen LogP contribution in [0, 0.1) is 0 Å². The van der Waals surface area contributed by atoms with Gasteiger partial charge in [-0.05, 0) is 38.8 Å². The molecule has 1 atom stereocenters. The molecule has 5 rings (SSSR count). The molecule has 1 saturated heterocycles. The van der Waals surface area contributed by atoms with Crippen LogP contribution < -0.4 is 34.9 Å². The van der Waals surface area contributed by atoms with E-state index in [1.165, 1.54) is 0 Å². The summed E-state index contributed by atoms with van der Waals surface area (Å²) in [4.78, 5) is 28.1. The smallest absolute Gasteiger partial charge is 0.240 e. The summed E-state index contributed by atoms with van der Waals surface area (Å²) in [5.74, 6) is 3.37. The lowest BCUT2D eigenvalue weighted by molar-refractivity contribution is -0.119. The van der Waals surface area contributed by atoms with E-state index in [9.17, 15) is 4.79 Å². The number of rotatable bonds is 10. The first kappa shape index (κ1) is 26.9. The maximum absolute atomic E-state index is 12.1. The number of benzene rings is 2. The number of nitrogens with one attached hydrogen (secondary N) is 1. The Morgan fingerprint density at radius 2 is 1.82 bits per heavy atom. The number of aromatic nitrogens is 4. The molecule has 2 aromatic carbocycles. The Labute approximate surface area is 232 Å². The van der Waals surface area contributed by atoms with Crippen LogP contribution >= 0.6 is 0 Å². The second kappa shape index (κ2) is 11.2. The van der Waals surface area contributed by atoms with E-state index >= 15 is 0 Å². The molecule has 12 nitrogen and oxygen atoms in total. The molecular formula is C28H33N7O5. The lowest BCUT2D eigenvalue weighted by atomic mass is 10.2. The lowest BCUT2D eigenvalue weighted by Gasteiger charge is -2.23. The molecule has 40 heavy (non-hydrogen) atoms. The third kappa shape index (κ3) is 5.24. The standard InChI is InChI=1S/C28H33N7O5/c1-16(2)40-18-8-9-19-20(13-18)31-28(35-10-6-7-21(35)26(29)36)33-27(19)32-24-14-34(15-30-24)17-11-22(37-3)25(39-5)23(12-17)38-4/h8-9,11-16,21H,6-7,10H2,1-5H3,(H2,29,36)(H,31,32,33)/t21-/m1/s1. The summed E-state index contributed by atoms with van der Waals surface area (Å²) in [6.07, 6.45) is 4.99. The van der Waals surface area contributed by atoms with E-state index in [1.54, 1.807) is 27.7 Å². The first-order valence-electron chi connectivity index (χ1n) is 13.0. The number of anilines is 3. The maximum Gasteiger partial charge on any atom is 0.240 e. The molecule has 0 saturated carbocycles. The topological polar surface area (TPSA) is 139 Å². The predicted octanol–water partition coefficient (Wildman–Crippen LogP) is 3.83. The Hall–Kier alpha value is -4.74. The van der Waals surface area contributed by atoms with Gasteiger partial charge in [-0.15, -0.1) is 0 Å². The monoisotopic (exact) mass is 547 g/mol. The van der Waals surface area contributed by atoms with Crippen LogP contribution in [0.1, 0.15) is 26.7 Å². The quantitative estimate of drug-likeness (QED) is 0.301. The zero-order valence-corrected chi connectivity index (χ0v) is 23.2. The molecule has 0 aliphatic carbocycles. The van der Waals surface area contributed by atoms with Crippen LogP contribution in [0.15, 0.2) is 42.9 Å². The van der Waals surface area contributed by atoms with Gasteiger partial charge in [0.2, 0.25) is 17.6 Å². The van der Waals surface area contributed by atoms with Gasteiger partial charge in [-0.3, -0.25) is 4.79 Å². The van der Waals surface area contributed by atoms with E-state index in [4.69, 9.17) is 34.6 Å². The summed E-state index contributed by atoms with van der Waals surface area (Å²) in [6, 6.07) is 8.87. The second-order valence-electron chi connectivity index (χ2n) is 9.65. The van der Waals surface area contributed by atoms with Gasteiger partial charge in [0, 0.05) is 30.1 Å². The number of amides is 1. The minimum absolute atomic E-state index is 0.00773. The van der Waals surface area contributed by atoms with Crippen molar-refractivity contribution >= 4 is 34.4 Å². The van der Waals surface area contributed by atoms with Gasteiger partial charge in [0.05, 0.1) is 44.8 Å². The molecule has 12 heteroatoms. The molecule has 4 aromatic rings. The highest BCUT2D eigenvalue weighted by atomic mass is 16.5. The van der Waals surface area contributed by atoms with Gasteiger partial charge in [-0.25, -0.2) is 9.97 Å². The van der Waals surface area contributed by atoms with E-state index < -0.39 is 11.9 Å². The highest BCUT2D eigenvalue weighted by molar-refractivity contribution is 5.93. The molecule has 1 fully saturated rings. The van der Waals surface area contributed by atoms with Gasteiger partial charge in [0.15, 0.2) is 11.5 Å². The highest BCUT2D eigenvalue weighted by Crippen LogP contribution is 2.39.